The van der Waals surface area contributed by atoms with Crippen LogP contribution in [-0.2, 0) is 23.7 Å². The van der Waals surface area contributed by atoms with E-state index >= 15 is 0 Å². The number of hydrogen-bond acceptors (Lipinski definition) is 13. The summed E-state index contributed by atoms with van der Waals surface area (Å²) in [7, 11) is 0. The van der Waals surface area contributed by atoms with Crippen LogP contribution in [0.15, 0.2) is 48.6 Å². The first kappa shape index (κ1) is 74.1. The number of hydrogen-bond donors (Lipinski definition) is 9. The number of rotatable bonds is 53. The van der Waals surface area contributed by atoms with Gasteiger partial charge in [-0.2, -0.15) is 0 Å². The minimum absolute atomic E-state index is 0.247. The van der Waals surface area contributed by atoms with Crippen molar-refractivity contribution >= 4 is 5.91 Å². The molecule has 2 saturated heterocycles. The molecule has 2 aliphatic heterocycles. The maximum atomic E-state index is 13.3. The average Bonchev–Trinajstić information content (AvgIpc) is 3.46. The molecule has 0 radical (unpaired) electrons. The van der Waals surface area contributed by atoms with Crippen LogP contribution in [0.5, 0.6) is 0 Å². The summed E-state index contributed by atoms with van der Waals surface area (Å²) >= 11 is 0. The van der Waals surface area contributed by atoms with Gasteiger partial charge in [-0.1, -0.05) is 249 Å². The summed E-state index contributed by atoms with van der Waals surface area (Å²) in [6.07, 6.45) is 48.9. The van der Waals surface area contributed by atoms with E-state index in [-0.39, 0.29) is 18.9 Å². The highest BCUT2D eigenvalue weighted by molar-refractivity contribution is 5.76. The monoisotopic (exact) mass is 1140 g/mol. The van der Waals surface area contributed by atoms with Crippen molar-refractivity contribution in [2.75, 3.05) is 19.8 Å². The summed E-state index contributed by atoms with van der Waals surface area (Å²) in [6, 6.07) is -0.931. The zero-order chi connectivity index (χ0) is 58.1. The molecule has 0 bridgehead atoms. The number of allylic oxidation sites excluding steroid dienone is 7. The van der Waals surface area contributed by atoms with Gasteiger partial charge in [-0.05, 0) is 64.2 Å². The Labute approximate surface area is 486 Å². The van der Waals surface area contributed by atoms with Crippen molar-refractivity contribution in [3.05, 3.63) is 48.6 Å². The number of carbonyl (C=O) groups is 1. The van der Waals surface area contributed by atoms with E-state index in [0.717, 1.165) is 38.5 Å². The Kier molecular flexibility index (Phi) is 47.6. The number of unbranched alkanes of at least 4 members (excludes halogenated alkanes) is 34. The lowest BCUT2D eigenvalue weighted by Crippen LogP contribution is -2.65. The molecule has 12 unspecified atom stereocenters. The third-order valence-electron chi connectivity index (χ3n) is 16.0. The van der Waals surface area contributed by atoms with E-state index < -0.39 is 86.8 Å². The summed E-state index contributed by atoms with van der Waals surface area (Å²) < 4.78 is 22.8. The molecule has 9 N–H and O–H groups in total. The van der Waals surface area contributed by atoms with Crippen LogP contribution < -0.4 is 5.32 Å². The Morgan fingerprint density at radius 2 is 0.838 bits per heavy atom. The molecule has 2 rings (SSSR count). The molecule has 0 aromatic carbocycles. The fourth-order valence-corrected chi connectivity index (χ4v) is 10.7. The van der Waals surface area contributed by atoms with Gasteiger partial charge < -0.3 is 65.1 Å². The molecule has 0 saturated carbocycles. The average molecular weight is 1140 g/mol. The second-order valence-electron chi connectivity index (χ2n) is 23.2. The first-order valence-corrected chi connectivity index (χ1v) is 32.9. The molecule has 12 atom stereocenters. The van der Waals surface area contributed by atoms with Crippen molar-refractivity contribution in [1.82, 2.24) is 5.32 Å². The van der Waals surface area contributed by atoms with Gasteiger partial charge in [0.1, 0.15) is 48.8 Å². The van der Waals surface area contributed by atoms with Gasteiger partial charge in [-0.15, -0.1) is 0 Å². The predicted molar refractivity (Wildman–Crippen MR) is 323 cm³/mol. The second-order valence-corrected chi connectivity index (χ2v) is 23.2. The number of ether oxygens (including phenoxy) is 4. The van der Waals surface area contributed by atoms with Gasteiger partial charge in [-0.3, -0.25) is 4.79 Å². The molecule has 0 spiro atoms. The molecule has 0 aromatic rings. The van der Waals surface area contributed by atoms with Gasteiger partial charge >= 0.3 is 0 Å². The lowest BCUT2D eigenvalue weighted by molar-refractivity contribution is -0.359. The van der Waals surface area contributed by atoms with E-state index in [9.17, 15) is 45.6 Å². The van der Waals surface area contributed by atoms with Gasteiger partial charge in [0.15, 0.2) is 12.6 Å². The molecule has 2 fully saturated rings. The van der Waals surface area contributed by atoms with Crippen molar-refractivity contribution < 1.29 is 64.6 Å². The highest BCUT2D eigenvalue weighted by Crippen LogP contribution is 2.30. The first-order valence-electron chi connectivity index (χ1n) is 32.9. The zero-order valence-corrected chi connectivity index (χ0v) is 50.6. The Bertz CT molecular complexity index is 1530. The highest BCUT2D eigenvalue weighted by atomic mass is 16.7. The van der Waals surface area contributed by atoms with Gasteiger partial charge in [0, 0.05) is 6.42 Å². The molecule has 0 aromatic heterocycles. The van der Waals surface area contributed by atoms with Gasteiger partial charge in [0.25, 0.3) is 0 Å². The van der Waals surface area contributed by atoms with E-state index in [1.807, 2.05) is 6.08 Å². The molecule has 2 aliphatic rings. The maximum Gasteiger partial charge on any atom is 0.220 e. The van der Waals surface area contributed by atoms with Crippen molar-refractivity contribution in [1.29, 1.82) is 0 Å². The molecule has 80 heavy (non-hydrogen) atoms. The minimum atomic E-state index is -1.79. The topological polar surface area (TPSA) is 228 Å². The Morgan fingerprint density at radius 3 is 1.30 bits per heavy atom. The number of aliphatic hydroxyl groups is 8. The lowest BCUT2D eigenvalue weighted by Gasteiger charge is -2.46. The fraction of sp³-hybridized carbons (Fsp3) is 0.864. The molecule has 0 aliphatic carbocycles. The molecule has 468 valence electrons. The quantitative estimate of drug-likeness (QED) is 0.0204. The standard InChI is InChI=1S/C66H121NO13/c1-3-5-7-9-11-13-15-17-19-20-21-22-23-24-25-26-27-28-29-30-31-32-33-34-36-38-40-42-44-46-48-50-58(71)67-54(55(70)49-47-45-43-41-39-37-35-18-16-14-12-10-8-6-4-2)53-77-65-63(76)61(74)64(57(52-69)79-65)80-66-62(75)60(73)59(72)56(51-68)78-66/h15,17,20-21,39,41,47,49,54-57,59-66,68-70,72-76H,3-14,16,18-19,22-38,40,42-46,48,50-53H2,1-2H3,(H,67,71)/b17-15-,21-20-,41-39+,49-47+. The Morgan fingerprint density at radius 1 is 0.450 bits per heavy atom. The number of aliphatic hydroxyl groups excluding tert-OH is 8. The molecule has 14 heteroatoms. The smallest absolute Gasteiger partial charge is 0.220 e. The van der Waals surface area contributed by atoms with Crippen molar-refractivity contribution in [2.45, 2.75) is 344 Å². The van der Waals surface area contributed by atoms with E-state index in [1.54, 1.807) is 6.08 Å². The largest absolute Gasteiger partial charge is 0.394 e. The van der Waals surface area contributed by atoms with E-state index in [1.165, 1.54) is 199 Å². The third-order valence-corrected chi connectivity index (χ3v) is 16.0. The molecule has 14 nitrogen and oxygen atoms in total. The normalized spacial score (nSPS) is 24.5. The molecular weight excluding hydrogens is 1010 g/mol. The third kappa shape index (κ3) is 35.9. The zero-order valence-electron chi connectivity index (χ0n) is 50.6. The van der Waals surface area contributed by atoms with Crippen LogP contribution in [-0.4, -0.2) is 140 Å². The van der Waals surface area contributed by atoms with Crippen LogP contribution in [0.25, 0.3) is 0 Å². The fourth-order valence-electron chi connectivity index (χ4n) is 10.7. The van der Waals surface area contributed by atoms with Crippen molar-refractivity contribution in [2.24, 2.45) is 0 Å². The van der Waals surface area contributed by atoms with Gasteiger partial charge in [-0.25, -0.2) is 0 Å². The predicted octanol–water partition coefficient (Wildman–Crippen LogP) is 12.3. The lowest BCUT2D eigenvalue weighted by atomic mass is 9.97. The summed E-state index contributed by atoms with van der Waals surface area (Å²) in [6.45, 7) is 2.78. The van der Waals surface area contributed by atoms with Crippen LogP contribution in [0.3, 0.4) is 0 Å². The van der Waals surface area contributed by atoms with E-state index in [0.29, 0.717) is 12.8 Å². The van der Waals surface area contributed by atoms with E-state index in [4.69, 9.17) is 18.9 Å². The van der Waals surface area contributed by atoms with Crippen molar-refractivity contribution in [3.8, 4) is 0 Å². The van der Waals surface area contributed by atoms with Crippen LogP contribution in [0, 0.1) is 0 Å². The molecule has 1 amide bonds. The summed E-state index contributed by atoms with van der Waals surface area (Å²) in [4.78, 5) is 13.3. The van der Waals surface area contributed by atoms with Gasteiger partial charge in [0.05, 0.1) is 32.0 Å². The first-order chi connectivity index (χ1) is 39.1. The molecule has 2 heterocycles. The summed E-state index contributed by atoms with van der Waals surface area (Å²) in [5, 5.41) is 87.1. The van der Waals surface area contributed by atoms with E-state index in [2.05, 4.69) is 55.6 Å². The number of nitrogens with one attached hydrogen (secondary N) is 1. The summed E-state index contributed by atoms with van der Waals surface area (Å²) in [5.74, 6) is -0.247. The second kappa shape index (κ2) is 51.4. The number of amides is 1. The Balaban J connectivity index is 1.66. The van der Waals surface area contributed by atoms with Crippen LogP contribution in [0.2, 0.25) is 0 Å². The SMILES string of the molecule is CCCCCCC/C=C\C/C=C\CCCCCCCCCCCCCCCCCCCCCC(=O)NC(COC1OC(CO)C(OC2OC(CO)C(O)C(O)C2O)C(O)C1O)C(O)/C=C/CC/C=C/CCCCCCCCCCC. The maximum absolute atomic E-state index is 13.3. The van der Waals surface area contributed by atoms with Gasteiger partial charge in [0.2, 0.25) is 5.91 Å². The number of carbonyl (C=O) groups excluding carboxylic acids is 1. The molecular formula is C66H121NO13. The van der Waals surface area contributed by atoms with Crippen LogP contribution in [0.4, 0.5) is 0 Å². The van der Waals surface area contributed by atoms with Crippen LogP contribution >= 0.6 is 0 Å². The summed E-state index contributed by atoms with van der Waals surface area (Å²) in [5.41, 5.74) is 0. The van der Waals surface area contributed by atoms with Crippen LogP contribution in [0.1, 0.15) is 271 Å². The minimum Gasteiger partial charge on any atom is -0.394 e. The highest BCUT2D eigenvalue weighted by Gasteiger charge is 2.51. The van der Waals surface area contributed by atoms with Crippen molar-refractivity contribution in [3.63, 3.8) is 0 Å². The Hall–Kier alpha value is -2.05.